The van der Waals surface area contributed by atoms with Gasteiger partial charge in [-0.2, -0.15) is 0 Å². The Bertz CT molecular complexity index is 536. The van der Waals surface area contributed by atoms with Gasteiger partial charge in [-0.15, -0.1) is 6.42 Å². The predicted octanol–water partition coefficient (Wildman–Crippen LogP) is 1.83. The number of amides is 2. The summed E-state index contributed by atoms with van der Waals surface area (Å²) in [6.07, 6.45) is 5.08. The van der Waals surface area contributed by atoms with Gasteiger partial charge in [0.15, 0.2) is 0 Å². The van der Waals surface area contributed by atoms with E-state index in [0.717, 1.165) is 0 Å². The van der Waals surface area contributed by atoms with E-state index >= 15 is 0 Å². The van der Waals surface area contributed by atoms with Gasteiger partial charge in [-0.25, -0.2) is 0 Å². The monoisotopic (exact) mass is 287 g/mol. The Morgan fingerprint density at radius 3 is 2.10 bits per heavy atom. The van der Waals surface area contributed by atoms with Crippen LogP contribution < -0.4 is 16.0 Å². The Hall–Kier alpha value is -2.32. The molecule has 0 unspecified atom stereocenters. The van der Waals surface area contributed by atoms with Crippen molar-refractivity contribution in [2.75, 3.05) is 23.7 Å². The Morgan fingerprint density at radius 2 is 1.62 bits per heavy atom. The summed E-state index contributed by atoms with van der Waals surface area (Å²) >= 11 is 0. The number of terminal acetylenes is 1. The highest BCUT2D eigenvalue weighted by atomic mass is 16.2. The molecule has 21 heavy (non-hydrogen) atoms. The smallest absolute Gasteiger partial charge is 0.238 e. The molecule has 5 heteroatoms. The fourth-order valence-electron chi connectivity index (χ4n) is 1.41. The second-order valence-corrected chi connectivity index (χ2v) is 5.64. The minimum atomic E-state index is -0.449. The molecule has 0 saturated heterocycles. The Balaban J connectivity index is 2.53. The van der Waals surface area contributed by atoms with E-state index in [1.807, 2.05) is 20.8 Å². The predicted molar refractivity (Wildman–Crippen MR) is 84.9 cm³/mol. The Kier molecular flexibility index (Phi) is 5.94. The van der Waals surface area contributed by atoms with Gasteiger partial charge < -0.3 is 10.6 Å². The van der Waals surface area contributed by atoms with Crippen LogP contribution in [0.4, 0.5) is 11.4 Å². The van der Waals surface area contributed by atoms with E-state index in [9.17, 15) is 9.59 Å². The third kappa shape index (κ3) is 6.11. The van der Waals surface area contributed by atoms with E-state index in [4.69, 9.17) is 6.42 Å². The third-order valence-corrected chi connectivity index (χ3v) is 2.62. The van der Waals surface area contributed by atoms with Crippen LogP contribution in [0.2, 0.25) is 0 Å². The van der Waals surface area contributed by atoms with Gasteiger partial charge >= 0.3 is 0 Å². The molecule has 5 nitrogen and oxygen atoms in total. The van der Waals surface area contributed by atoms with E-state index < -0.39 is 5.41 Å². The summed E-state index contributed by atoms with van der Waals surface area (Å²) in [6, 6.07) is 6.96. The molecule has 0 saturated carbocycles. The minimum Gasteiger partial charge on any atom is -0.326 e. The standard InChI is InChI=1S/C16H21N3O2/c1-5-10-17-11-14(20)18-12-6-8-13(9-7-12)19-15(21)16(2,3)4/h1,6-9,17H,10-11H2,2-4H3,(H,18,20)(H,19,21). The first-order valence-corrected chi connectivity index (χ1v) is 6.68. The van der Waals surface area contributed by atoms with Crippen molar-refractivity contribution in [3.05, 3.63) is 24.3 Å². The van der Waals surface area contributed by atoms with E-state index in [0.29, 0.717) is 17.9 Å². The molecule has 3 N–H and O–H groups in total. The second-order valence-electron chi connectivity index (χ2n) is 5.64. The molecular formula is C16H21N3O2. The summed E-state index contributed by atoms with van der Waals surface area (Å²) in [5.41, 5.74) is 0.907. The normalized spacial score (nSPS) is 10.6. The largest absolute Gasteiger partial charge is 0.326 e. The number of nitrogens with one attached hydrogen (secondary N) is 3. The molecule has 0 bridgehead atoms. The van der Waals surface area contributed by atoms with Crippen LogP contribution in [0.5, 0.6) is 0 Å². The van der Waals surface area contributed by atoms with Crippen molar-refractivity contribution in [2.45, 2.75) is 20.8 Å². The molecule has 0 atom stereocenters. The Morgan fingerprint density at radius 1 is 1.10 bits per heavy atom. The number of hydrogen-bond acceptors (Lipinski definition) is 3. The molecule has 2 amide bonds. The van der Waals surface area contributed by atoms with E-state index in [1.165, 1.54) is 0 Å². The van der Waals surface area contributed by atoms with E-state index in [1.54, 1.807) is 24.3 Å². The zero-order valence-electron chi connectivity index (χ0n) is 12.6. The van der Waals surface area contributed by atoms with Gasteiger partial charge in [0.1, 0.15) is 0 Å². The van der Waals surface area contributed by atoms with Crippen LogP contribution in [0.25, 0.3) is 0 Å². The van der Waals surface area contributed by atoms with Gasteiger partial charge in [0.05, 0.1) is 13.1 Å². The van der Waals surface area contributed by atoms with Crippen molar-refractivity contribution in [3.63, 3.8) is 0 Å². The zero-order chi connectivity index (χ0) is 15.9. The van der Waals surface area contributed by atoms with Crippen molar-refractivity contribution in [2.24, 2.45) is 5.41 Å². The SMILES string of the molecule is C#CCNCC(=O)Nc1ccc(NC(=O)C(C)(C)C)cc1. The number of carbonyl (C=O) groups is 2. The van der Waals surface area contributed by atoms with Crippen molar-refractivity contribution in [1.29, 1.82) is 0 Å². The number of carbonyl (C=O) groups excluding carboxylic acids is 2. The minimum absolute atomic E-state index is 0.0576. The molecule has 0 aliphatic heterocycles. The van der Waals surface area contributed by atoms with Gasteiger partial charge in [0.25, 0.3) is 0 Å². The van der Waals surface area contributed by atoms with Crippen molar-refractivity contribution in [3.8, 4) is 12.3 Å². The van der Waals surface area contributed by atoms with Crippen LogP contribution in [0.1, 0.15) is 20.8 Å². The van der Waals surface area contributed by atoms with Gasteiger partial charge in [-0.3, -0.25) is 14.9 Å². The van der Waals surface area contributed by atoms with Crippen molar-refractivity contribution in [1.82, 2.24) is 5.32 Å². The molecule has 1 aromatic carbocycles. The number of rotatable bonds is 5. The van der Waals surface area contributed by atoms with Crippen LogP contribution in [0.3, 0.4) is 0 Å². The van der Waals surface area contributed by atoms with Crippen molar-refractivity contribution < 1.29 is 9.59 Å². The third-order valence-electron chi connectivity index (χ3n) is 2.62. The summed E-state index contributed by atoms with van der Waals surface area (Å²) in [4.78, 5) is 23.4. The lowest BCUT2D eigenvalue weighted by Crippen LogP contribution is -2.28. The van der Waals surface area contributed by atoms with E-state index in [-0.39, 0.29) is 18.4 Å². The fourth-order valence-corrected chi connectivity index (χ4v) is 1.41. The number of benzene rings is 1. The van der Waals surface area contributed by atoms with E-state index in [2.05, 4.69) is 21.9 Å². The first kappa shape index (κ1) is 16.7. The molecule has 1 rings (SSSR count). The average Bonchev–Trinajstić information content (AvgIpc) is 2.40. The summed E-state index contributed by atoms with van der Waals surface area (Å²) in [5.74, 6) is 2.17. The fraction of sp³-hybridized carbons (Fsp3) is 0.375. The molecule has 0 aromatic heterocycles. The maximum atomic E-state index is 11.8. The highest BCUT2D eigenvalue weighted by molar-refractivity contribution is 5.95. The highest BCUT2D eigenvalue weighted by Gasteiger charge is 2.20. The van der Waals surface area contributed by atoms with Crippen LogP contribution in [-0.2, 0) is 9.59 Å². The van der Waals surface area contributed by atoms with Gasteiger partial charge in [-0.1, -0.05) is 26.7 Å². The second kappa shape index (κ2) is 7.46. The van der Waals surface area contributed by atoms with Crippen molar-refractivity contribution >= 4 is 23.2 Å². The van der Waals surface area contributed by atoms with Gasteiger partial charge in [0, 0.05) is 16.8 Å². The molecule has 1 aromatic rings. The summed E-state index contributed by atoms with van der Waals surface area (Å²) in [6.45, 7) is 6.05. The molecule has 0 radical (unpaired) electrons. The maximum Gasteiger partial charge on any atom is 0.238 e. The van der Waals surface area contributed by atoms with Gasteiger partial charge in [-0.05, 0) is 24.3 Å². The summed E-state index contributed by atoms with van der Waals surface area (Å²) in [5, 5.41) is 8.35. The molecule has 112 valence electrons. The Labute approximate surface area is 125 Å². The highest BCUT2D eigenvalue weighted by Crippen LogP contribution is 2.18. The maximum absolute atomic E-state index is 11.8. The zero-order valence-corrected chi connectivity index (χ0v) is 12.6. The molecule has 0 fully saturated rings. The summed E-state index contributed by atoms with van der Waals surface area (Å²) < 4.78 is 0. The summed E-state index contributed by atoms with van der Waals surface area (Å²) in [7, 11) is 0. The molecule has 0 spiro atoms. The molecule has 0 aliphatic carbocycles. The van der Waals surface area contributed by atoms with Crippen LogP contribution in [-0.4, -0.2) is 24.9 Å². The van der Waals surface area contributed by atoms with Crippen LogP contribution >= 0.6 is 0 Å². The van der Waals surface area contributed by atoms with Crippen LogP contribution in [0.15, 0.2) is 24.3 Å². The van der Waals surface area contributed by atoms with Crippen LogP contribution in [0, 0.1) is 17.8 Å². The molecule has 0 aliphatic rings. The lowest BCUT2D eigenvalue weighted by Gasteiger charge is -2.17. The first-order valence-electron chi connectivity index (χ1n) is 6.68. The number of hydrogen-bond donors (Lipinski definition) is 3. The lowest BCUT2D eigenvalue weighted by atomic mass is 9.95. The average molecular weight is 287 g/mol. The lowest BCUT2D eigenvalue weighted by molar-refractivity contribution is -0.123. The first-order chi connectivity index (χ1) is 9.82. The molecule has 0 heterocycles. The number of anilines is 2. The quantitative estimate of drug-likeness (QED) is 0.571. The van der Waals surface area contributed by atoms with Gasteiger partial charge in [0.2, 0.25) is 11.8 Å². The topological polar surface area (TPSA) is 70.2 Å². The molecular weight excluding hydrogens is 266 g/mol.